The number of aryl methyl sites for hydroxylation is 1. The first-order chi connectivity index (χ1) is 13.6. The Morgan fingerprint density at radius 2 is 1.50 bits per heavy atom. The van der Waals surface area contributed by atoms with Gasteiger partial charge in [-0.2, -0.15) is 0 Å². The molecule has 0 unspecified atom stereocenters. The van der Waals surface area contributed by atoms with E-state index in [4.69, 9.17) is 4.98 Å². The Bertz CT molecular complexity index is 1140. The monoisotopic (exact) mass is 362 g/mol. The average Bonchev–Trinajstić information content (AvgIpc) is 2.74. The molecule has 4 aromatic rings. The Balaban J connectivity index is 1.81. The molecule has 0 atom stereocenters. The zero-order valence-electron chi connectivity index (χ0n) is 16.2. The van der Waals surface area contributed by atoms with E-state index in [0.29, 0.717) is 0 Å². The third kappa shape index (κ3) is 3.49. The van der Waals surface area contributed by atoms with Crippen molar-refractivity contribution in [1.29, 1.82) is 0 Å². The number of pyridine rings is 2. The molecule has 4 rings (SSSR count). The van der Waals surface area contributed by atoms with E-state index in [-0.39, 0.29) is 0 Å². The lowest BCUT2D eigenvalue weighted by molar-refractivity contribution is 1.25. The average molecular weight is 362 g/mol. The topological polar surface area (TPSA) is 25.8 Å². The Hall–Kier alpha value is -3.52. The van der Waals surface area contributed by atoms with Gasteiger partial charge in [0.25, 0.3) is 0 Å². The molecule has 0 spiro atoms. The molecule has 0 aliphatic rings. The minimum absolute atomic E-state index is 0.873. The molecule has 0 aliphatic carbocycles. The Kier molecular flexibility index (Phi) is 4.86. The van der Waals surface area contributed by atoms with Crippen LogP contribution in [0.5, 0.6) is 0 Å². The highest BCUT2D eigenvalue weighted by Crippen LogP contribution is 2.34. The normalized spacial score (nSPS) is 10.6. The van der Waals surface area contributed by atoms with Gasteiger partial charge in [0, 0.05) is 11.8 Å². The zero-order valence-corrected chi connectivity index (χ0v) is 16.2. The van der Waals surface area contributed by atoms with Crippen LogP contribution in [-0.2, 0) is 0 Å². The minimum Gasteiger partial charge on any atom is -0.255 e. The first-order valence-electron chi connectivity index (χ1n) is 9.38. The van der Waals surface area contributed by atoms with Crippen molar-refractivity contribution in [1.82, 2.24) is 9.97 Å². The molecule has 0 saturated heterocycles. The van der Waals surface area contributed by atoms with Crippen molar-refractivity contribution < 1.29 is 0 Å². The van der Waals surface area contributed by atoms with Gasteiger partial charge in [-0.05, 0) is 66.4 Å². The lowest BCUT2D eigenvalue weighted by Crippen LogP contribution is -1.93. The Morgan fingerprint density at radius 3 is 2.25 bits per heavy atom. The van der Waals surface area contributed by atoms with Crippen molar-refractivity contribution in [3.8, 4) is 33.8 Å². The summed E-state index contributed by atoms with van der Waals surface area (Å²) >= 11 is 0. The number of hydrogen-bond donors (Lipinski definition) is 0. The summed E-state index contributed by atoms with van der Waals surface area (Å²) in [6.07, 6.45) is 1.79. The standard InChI is InChI=1S/C26H22N2/c1-18(2)23-17-20(14-15-22(23)21-10-5-4-9-19(21)3)24-12-8-13-26(28-24)25-11-6-7-16-27-25/h4-17H,1H2,2-3H3. The predicted molar refractivity (Wildman–Crippen MR) is 118 cm³/mol. The van der Waals surface area contributed by atoms with Crippen LogP contribution in [0.2, 0.25) is 0 Å². The fraction of sp³-hybridized carbons (Fsp3) is 0.0769. The van der Waals surface area contributed by atoms with Crippen molar-refractivity contribution >= 4 is 5.57 Å². The number of nitrogens with zero attached hydrogens (tertiary/aromatic N) is 2. The summed E-state index contributed by atoms with van der Waals surface area (Å²) in [6, 6.07) is 26.9. The summed E-state index contributed by atoms with van der Waals surface area (Å²) < 4.78 is 0. The van der Waals surface area contributed by atoms with Gasteiger partial charge in [-0.25, -0.2) is 4.98 Å². The highest BCUT2D eigenvalue weighted by molar-refractivity contribution is 5.84. The molecule has 0 bridgehead atoms. The largest absolute Gasteiger partial charge is 0.255 e. The van der Waals surface area contributed by atoms with Crippen LogP contribution in [0.15, 0.2) is 91.6 Å². The molecular formula is C26H22N2. The Morgan fingerprint density at radius 1 is 0.750 bits per heavy atom. The summed E-state index contributed by atoms with van der Waals surface area (Å²) in [4.78, 5) is 9.26. The second-order valence-corrected chi connectivity index (χ2v) is 6.98. The van der Waals surface area contributed by atoms with E-state index in [1.807, 2.05) is 36.4 Å². The van der Waals surface area contributed by atoms with E-state index in [1.165, 1.54) is 16.7 Å². The van der Waals surface area contributed by atoms with Crippen LogP contribution in [0.1, 0.15) is 18.1 Å². The fourth-order valence-corrected chi connectivity index (χ4v) is 3.42. The highest BCUT2D eigenvalue weighted by Gasteiger charge is 2.11. The maximum absolute atomic E-state index is 4.84. The van der Waals surface area contributed by atoms with Gasteiger partial charge in [-0.15, -0.1) is 0 Å². The van der Waals surface area contributed by atoms with Gasteiger partial charge in [-0.3, -0.25) is 4.98 Å². The van der Waals surface area contributed by atoms with Gasteiger partial charge >= 0.3 is 0 Å². The molecule has 0 amide bonds. The summed E-state index contributed by atoms with van der Waals surface area (Å²) in [6.45, 7) is 8.41. The SMILES string of the molecule is C=C(C)c1cc(-c2cccc(-c3ccccn3)n2)ccc1-c1ccccc1C. The summed E-state index contributed by atoms with van der Waals surface area (Å²) in [7, 11) is 0. The highest BCUT2D eigenvalue weighted by atomic mass is 14.8. The summed E-state index contributed by atoms with van der Waals surface area (Å²) in [5, 5.41) is 0. The van der Waals surface area contributed by atoms with Crippen LogP contribution < -0.4 is 0 Å². The fourth-order valence-electron chi connectivity index (χ4n) is 3.42. The van der Waals surface area contributed by atoms with Crippen molar-refractivity contribution in [2.24, 2.45) is 0 Å². The van der Waals surface area contributed by atoms with Crippen LogP contribution in [0, 0.1) is 6.92 Å². The molecular weight excluding hydrogens is 340 g/mol. The molecule has 28 heavy (non-hydrogen) atoms. The van der Waals surface area contributed by atoms with E-state index in [9.17, 15) is 0 Å². The van der Waals surface area contributed by atoms with E-state index >= 15 is 0 Å². The van der Waals surface area contributed by atoms with Crippen molar-refractivity contribution in [3.63, 3.8) is 0 Å². The van der Waals surface area contributed by atoms with Gasteiger partial charge in [0.05, 0.1) is 17.1 Å². The van der Waals surface area contributed by atoms with Crippen molar-refractivity contribution in [2.75, 3.05) is 0 Å². The lowest BCUT2D eigenvalue weighted by Gasteiger charge is -2.14. The van der Waals surface area contributed by atoms with E-state index < -0.39 is 0 Å². The molecule has 0 fully saturated rings. The number of benzene rings is 2. The van der Waals surface area contributed by atoms with Crippen LogP contribution in [0.3, 0.4) is 0 Å². The first kappa shape index (κ1) is 17.9. The van der Waals surface area contributed by atoms with E-state index in [2.05, 4.69) is 67.9 Å². The van der Waals surface area contributed by atoms with E-state index in [1.54, 1.807) is 6.20 Å². The van der Waals surface area contributed by atoms with Gasteiger partial charge in [0.2, 0.25) is 0 Å². The van der Waals surface area contributed by atoms with Crippen LogP contribution in [-0.4, -0.2) is 9.97 Å². The molecule has 2 aromatic heterocycles. The smallest absolute Gasteiger partial charge is 0.0893 e. The third-order valence-corrected chi connectivity index (χ3v) is 4.89. The molecule has 136 valence electrons. The lowest BCUT2D eigenvalue weighted by atomic mass is 9.91. The Labute approximate surface area is 166 Å². The van der Waals surface area contributed by atoms with Gasteiger partial charge < -0.3 is 0 Å². The predicted octanol–water partition coefficient (Wildman–Crippen LogP) is 6.82. The summed E-state index contributed by atoms with van der Waals surface area (Å²) in [5.41, 5.74) is 9.65. The number of allylic oxidation sites excluding steroid dienone is 1. The second kappa shape index (κ2) is 7.61. The first-order valence-corrected chi connectivity index (χ1v) is 9.38. The summed E-state index contributed by atoms with van der Waals surface area (Å²) in [5.74, 6) is 0. The minimum atomic E-state index is 0.873. The van der Waals surface area contributed by atoms with Crippen molar-refractivity contribution in [2.45, 2.75) is 13.8 Å². The van der Waals surface area contributed by atoms with Gasteiger partial charge in [-0.1, -0.05) is 60.7 Å². The zero-order chi connectivity index (χ0) is 19.5. The van der Waals surface area contributed by atoms with Crippen LogP contribution >= 0.6 is 0 Å². The quantitative estimate of drug-likeness (QED) is 0.398. The van der Waals surface area contributed by atoms with Gasteiger partial charge in [0.1, 0.15) is 0 Å². The van der Waals surface area contributed by atoms with Crippen molar-refractivity contribution in [3.05, 3.63) is 103 Å². The molecule has 0 radical (unpaired) electrons. The molecule has 0 aliphatic heterocycles. The van der Waals surface area contributed by atoms with Gasteiger partial charge in [0.15, 0.2) is 0 Å². The second-order valence-electron chi connectivity index (χ2n) is 6.98. The third-order valence-electron chi connectivity index (χ3n) is 4.89. The maximum Gasteiger partial charge on any atom is 0.0893 e. The molecule has 0 saturated carbocycles. The van der Waals surface area contributed by atoms with Crippen LogP contribution in [0.4, 0.5) is 0 Å². The molecule has 2 heterocycles. The van der Waals surface area contributed by atoms with Crippen LogP contribution in [0.25, 0.3) is 39.3 Å². The number of aromatic nitrogens is 2. The molecule has 0 N–H and O–H groups in total. The van der Waals surface area contributed by atoms with E-state index in [0.717, 1.165) is 33.8 Å². The molecule has 2 aromatic carbocycles. The number of rotatable bonds is 4. The maximum atomic E-state index is 4.84. The number of hydrogen-bond acceptors (Lipinski definition) is 2. The molecule has 2 heteroatoms. The molecule has 2 nitrogen and oxygen atoms in total.